The minimum Gasteiger partial charge on any atom is -0.454 e. The van der Waals surface area contributed by atoms with Crippen LogP contribution in [0.4, 0.5) is 5.69 Å². The fourth-order valence-corrected chi connectivity index (χ4v) is 2.45. The molecule has 0 spiro atoms. The lowest BCUT2D eigenvalue weighted by molar-refractivity contribution is 0.102. The van der Waals surface area contributed by atoms with Gasteiger partial charge in [-0.1, -0.05) is 0 Å². The van der Waals surface area contributed by atoms with Gasteiger partial charge in [0.2, 0.25) is 6.79 Å². The summed E-state index contributed by atoms with van der Waals surface area (Å²) in [6, 6.07) is 9.99. The first kappa shape index (κ1) is 13.4. The third-order valence-electron chi connectivity index (χ3n) is 3.68. The second kappa shape index (κ2) is 4.91. The summed E-state index contributed by atoms with van der Waals surface area (Å²) in [4.78, 5) is 23.8. The highest BCUT2D eigenvalue weighted by molar-refractivity contribution is 6.05. The molecule has 1 N–H and O–H groups in total. The van der Waals surface area contributed by atoms with E-state index in [1.807, 2.05) is 0 Å². The SMILES string of the molecule is Cn1c(=O)oc2ccc(NC(=O)c3ccc4c(c3)OCO4)cc21. The van der Waals surface area contributed by atoms with Gasteiger partial charge in [-0.3, -0.25) is 9.36 Å². The van der Waals surface area contributed by atoms with Crippen molar-refractivity contribution < 1.29 is 18.7 Å². The number of anilines is 1. The Balaban J connectivity index is 1.63. The number of fused-ring (bicyclic) bond motifs is 2. The summed E-state index contributed by atoms with van der Waals surface area (Å²) < 4.78 is 16.9. The Morgan fingerprint density at radius 1 is 1.13 bits per heavy atom. The lowest BCUT2D eigenvalue weighted by Gasteiger charge is -2.06. The third kappa shape index (κ3) is 2.22. The normalized spacial score (nSPS) is 12.6. The molecule has 7 nitrogen and oxygen atoms in total. The summed E-state index contributed by atoms with van der Waals surface area (Å²) in [6.07, 6.45) is 0. The van der Waals surface area contributed by atoms with Crippen molar-refractivity contribution >= 4 is 22.7 Å². The highest BCUT2D eigenvalue weighted by Crippen LogP contribution is 2.32. The van der Waals surface area contributed by atoms with Gasteiger partial charge in [-0.05, 0) is 36.4 Å². The van der Waals surface area contributed by atoms with Gasteiger partial charge in [0.05, 0.1) is 5.52 Å². The maximum atomic E-state index is 12.3. The average molecular weight is 312 g/mol. The van der Waals surface area contributed by atoms with Crippen molar-refractivity contribution in [2.75, 3.05) is 12.1 Å². The molecule has 0 saturated heterocycles. The molecule has 1 aromatic heterocycles. The van der Waals surface area contributed by atoms with Crippen LogP contribution in [0.25, 0.3) is 11.1 Å². The highest BCUT2D eigenvalue weighted by Gasteiger charge is 2.16. The minimum absolute atomic E-state index is 0.158. The molecule has 1 aliphatic rings. The number of aryl methyl sites for hydroxylation is 1. The molecule has 7 heteroatoms. The van der Waals surface area contributed by atoms with Gasteiger partial charge in [0.15, 0.2) is 17.1 Å². The molecular formula is C16H12N2O5. The molecule has 3 aromatic rings. The van der Waals surface area contributed by atoms with Crippen LogP contribution in [0.5, 0.6) is 11.5 Å². The molecule has 0 atom stereocenters. The first-order chi connectivity index (χ1) is 11.1. The molecule has 0 unspecified atom stereocenters. The van der Waals surface area contributed by atoms with Gasteiger partial charge in [0, 0.05) is 18.3 Å². The Morgan fingerprint density at radius 2 is 1.96 bits per heavy atom. The van der Waals surface area contributed by atoms with E-state index in [0.29, 0.717) is 33.8 Å². The fraction of sp³-hybridized carbons (Fsp3) is 0.125. The largest absolute Gasteiger partial charge is 0.454 e. The topological polar surface area (TPSA) is 82.7 Å². The van der Waals surface area contributed by atoms with Crippen molar-refractivity contribution in [3.8, 4) is 11.5 Å². The van der Waals surface area contributed by atoms with E-state index in [4.69, 9.17) is 13.9 Å². The first-order valence-electron chi connectivity index (χ1n) is 6.92. The summed E-state index contributed by atoms with van der Waals surface area (Å²) in [6.45, 7) is 0.158. The summed E-state index contributed by atoms with van der Waals surface area (Å²) in [5.41, 5.74) is 2.10. The fourth-order valence-electron chi connectivity index (χ4n) is 2.45. The molecule has 1 aliphatic heterocycles. The zero-order chi connectivity index (χ0) is 16.0. The highest BCUT2D eigenvalue weighted by atomic mass is 16.7. The number of nitrogens with zero attached hydrogens (tertiary/aromatic N) is 1. The first-order valence-corrected chi connectivity index (χ1v) is 6.92. The predicted molar refractivity (Wildman–Crippen MR) is 82.0 cm³/mol. The van der Waals surface area contributed by atoms with Crippen molar-refractivity contribution in [2.24, 2.45) is 7.05 Å². The van der Waals surface area contributed by atoms with Crippen LogP contribution in [0.15, 0.2) is 45.6 Å². The van der Waals surface area contributed by atoms with Gasteiger partial charge in [-0.25, -0.2) is 4.79 Å². The number of aromatic nitrogens is 1. The summed E-state index contributed by atoms with van der Waals surface area (Å²) in [5.74, 6) is 0.442. The van der Waals surface area contributed by atoms with Crippen molar-refractivity contribution in [2.45, 2.75) is 0 Å². The monoisotopic (exact) mass is 312 g/mol. The van der Waals surface area contributed by atoms with Crippen LogP contribution in [0, 0.1) is 0 Å². The Labute approximate surface area is 130 Å². The third-order valence-corrected chi connectivity index (χ3v) is 3.68. The van der Waals surface area contributed by atoms with Gasteiger partial charge in [-0.15, -0.1) is 0 Å². The van der Waals surface area contributed by atoms with E-state index in [2.05, 4.69) is 5.32 Å². The van der Waals surface area contributed by atoms with E-state index in [9.17, 15) is 9.59 Å². The number of carbonyl (C=O) groups is 1. The number of hydrogen-bond donors (Lipinski definition) is 1. The van der Waals surface area contributed by atoms with Gasteiger partial charge < -0.3 is 19.2 Å². The maximum absolute atomic E-state index is 12.3. The smallest absolute Gasteiger partial charge is 0.419 e. The van der Waals surface area contributed by atoms with Crippen molar-refractivity contribution in [3.63, 3.8) is 0 Å². The number of amides is 1. The number of ether oxygens (including phenoxy) is 2. The van der Waals surface area contributed by atoms with Gasteiger partial charge in [0.25, 0.3) is 5.91 Å². The van der Waals surface area contributed by atoms with Crippen LogP contribution in [-0.2, 0) is 7.05 Å². The van der Waals surface area contributed by atoms with E-state index in [1.165, 1.54) is 4.57 Å². The van der Waals surface area contributed by atoms with E-state index in [0.717, 1.165) is 0 Å². The van der Waals surface area contributed by atoms with Crippen molar-refractivity contribution in [1.29, 1.82) is 0 Å². The van der Waals surface area contributed by atoms with E-state index >= 15 is 0 Å². The van der Waals surface area contributed by atoms with Crippen LogP contribution in [0.3, 0.4) is 0 Å². The molecule has 0 saturated carbocycles. The molecule has 0 aliphatic carbocycles. The molecule has 0 radical (unpaired) electrons. The number of hydrogen-bond acceptors (Lipinski definition) is 5. The van der Waals surface area contributed by atoms with Gasteiger partial charge in [0.1, 0.15) is 0 Å². The Hall–Kier alpha value is -3.22. The number of nitrogens with one attached hydrogen (secondary N) is 1. The average Bonchev–Trinajstić information content (AvgIpc) is 3.12. The van der Waals surface area contributed by atoms with Crippen LogP contribution in [0.1, 0.15) is 10.4 Å². The second-order valence-electron chi connectivity index (χ2n) is 5.13. The summed E-state index contributed by atoms with van der Waals surface area (Å²) in [7, 11) is 1.61. The number of oxazole rings is 1. The van der Waals surface area contributed by atoms with Crippen molar-refractivity contribution in [3.05, 3.63) is 52.5 Å². The Bertz CT molecular complexity index is 986. The molecule has 23 heavy (non-hydrogen) atoms. The molecule has 0 fully saturated rings. The zero-order valence-electron chi connectivity index (χ0n) is 12.2. The Morgan fingerprint density at radius 3 is 2.83 bits per heavy atom. The molecular weight excluding hydrogens is 300 g/mol. The van der Waals surface area contributed by atoms with E-state index in [-0.39, 0.29) is 12.7 Å². The summed E-state index contributed by atoms with van der Waals surface area (Å²) >= 11 is 0. The van der Waals surface area contributed by atoms with Crippen LogP contribution in [-0.4, -0.2) is 17.3 Å². The molecule has 0 bridgehead atoms. The second-order valence-corrected chi connectivity index (χ2v) is 5.13. The van der Waals surface area contributed by atoms with Crippen LogP contribution in [0.2, 0.25) is 0 Å². The van der Waals surface area contributed by atoms with Crippen LogP contribution < -0.4 is 20.5 Å². The quantitative estimate of drug-likeness (QED) is 0.783. The molecule has 4 rings (SSSR count). The van der Waals surface area contributed by atoms with E-state index < -0.39 is 5.76 Å². The Kier molecular flexibility index (Phi) is 2.87. The van der Waals surface area contributed by atoms with Crippen LogP contribution >= 0.6 is 0 Å². The van der Waals surface area contributed by atoms with Crippen molar-refractivity contribution in [1.82, 2.24) is 4.57 Å². The van der Waals surface area contributed by atoms with E-state index in [1.54, 1.807) is 43.4 Å². The molecule has 1 amide bonds. The number of carbonyl (C=O) groups excluding carboxylic acids is 1. The summed E-state index contributed by atoms with van der Waals surface area (Å²) in [5, 5.41) is 2.79. The van der Waals surface area contributed by atoms with Gasteiger partial charge >= 0.3 is 5.76 Å². The predicted octanol–water partition coefficient (Wildman–Crippen LogP) is 2.11. The number of benzene rings is 2. The van der Waals surface area contributed by atoms with Gasteiger partial charge in [-0.2, -0.15) is 0 Å². The minimum atomic E-state index is -0.445. The molecule has 2 heterocycles. The number of rotatable bonds is 2. The zero-order valence-corrected chi connectivity index (χ0v) is 12.2. The maximum Gasteiger partial charge on any atom is 0.419 e. The lowest BCUT2D eigenvalue weighted by Crippen LogP contribution is -2.12. The standard InChI is InChI=1S/C16H12N2O5/c1-18-11-7-10(3-5-12(11)23-16(18)20)17-15(19)9-2-4-13-14(6-9)22-8-21-13/h2-7H,8H2,1H3,(H,17,19). The lowest BCUT2D eigenvalue weighted by atomic mass is 10.2. The molecule has 2 aromatic carbocycles. The molecule has 116 valence electrons.